The van der Waals surface area contributed by atoms with Crippen LogP contribution in [0.2, 0.25) is 0 Å². The summed E-state index contributed by atoms with van der Waals surface area (Å²) < 4.78 is 0. The van der Waals surface area contributed by atoms with Gasteiger partial charge in [0.2, 0.25) is 0 Å². The molecule has 5 heteroatoms. The Morgan fingerprint density at radius 2 is 2.16 bits per heavy atom. The van der Waals surface area contributed by atoms with E-state index in [2.05, 4.69) is 27.2 Å². The molecule has 1 aliphatic rings. The minimum Gasteiger partial charge on any atom is -0.366 e. The first kappa shape index (κ1) is 14.1. The zero-order valence-corrected chi connectivity index (χ0v) is 12.0. The number of nitrogens with one attached hydrogen (secondary N) is 1. The summed E-state index contributed by atoms with van der Waals surface area (Å²) in [6, 6.07) is 2.23. The summed E-state index contributed by atoms with van der Waals surface area (Å²) in [6.07, 6.45) is 7.08. The molecule has 3 N–H and O–H groups in total. The van der Waals surface area contributed by atoms with Crippen molar-refractivity contribution < 1.29 is 0 Å². The Morgan fingerprint density at radius 1 is 1.42 bits per heavy atom. The van der Waals surface area contributed by atoms with Crippen molar-refractivity contribution >= 4 is 11.6 Å². The number of hydrogen-bond donors (Lipinski definition) is 2. The van der Waals surface area contributed by atoms with E-state index in [1.165, 1.54) is 25.7 Å². The van der Waals surface area contributed by atoms with Gasteiger partial charge in [0.15, 0.2) is 0 Å². The van der Waals surface area contributed by atoms with Crippen LogP contribution in [-0.4, -0.2) is 36.1 Å². The molecule has 0 saturated heterocycles. The van der Waals surface area contributed by atoms with Crippen molar-refractivity contribution in [3.05, 3.63) is 12.4 Å². The second-order valence-corrected chi connectivity index (χ2v) is 5.57. The van der Waals surface area contributed by atoms with Crippen LogP contribution in [0, 0.1) is 5.92 Å². The van der Waals surface area contributed by atoms with Crippen LogP contribution in [0.5, 0.6) is 0 Å². The van der Waals surface area contributed by atoms with E-state index < -0.39 is 0 Å². The van der Waals surface area contributed by atoms with Gasteiger partial charge in [0.25, 0.3) is 0 Å². The summed E-state index contributed by atoms with van der Waals surface area (Å²) in [4.78, 5) is 10.8. The van der Waals surface area contributed by atoms with Crippen molar-refractivity contribution in [1.29, 1.82) is 0 Å². The summed E-state index contributed by atoms with van der Waals surface area (Å²) >= 11 is 0. The third-order valence-electron chi connectivity index (χ3n) is 3.80. The van der Waals surface area contributed by atoms with E-state index in [1.807, 2.05) is 13.0 Å². The molecule has 1 aromatic heterocycles. The molecule has 1 aromatic rings. The monoisotopic (exact) mass is 263 g/mol. The van der Waals surface area contributed by atoms with Crippen LogP contribution < -0.4 is 16.0 Å². The third-order valence-corrected chi connectivity index (χ3v) is 3.80. The lowest BCUT2D eigenvalue weighted by atomic mass is 10.1. The molecule has 5 nitrogen and oxygen atoms in total. The van der Waals surface area contributed by atoms with Crippen LogP contribution in [0.4, 0.5) is 11.6 Å². The molecule has 0 bridgehead atoms. The quantitative estimate of drug-likeness (QED) is 0.820. The maximum absolute atomic E-state index is 5.61. The van der Waals surface area contributed by atoms with Crippen molar-refractivity contribution in [1.82, 2.24) is 9.97 Å². The minimum atomic E-state index is 0.225. The molecular weight excluding hydrogens is 238 g/mol. The van der Waals surface area contributed by atoms with Gasteiger partial charge in [-0.2, -0.15) is 0 Å². The Morgan fingerprint density at radius 3 is 2.84 bits per heavy atom. The van der Waals surface area contributed by atoms with Gasteiger partial charge in [-0.15, -0.1) is 0 Å². The lowest BCUT2D eigenvalue weighted by Crippen LogP contribution is -2.27. The largest absolute Gasteiger partial charge is 0.366 e. The lowest BCUT2D eigenvalue weighted by Gasteiger charge is -2.22. The average Bonchev–Trinajstić information content (AvgIpc) is 2.91. The van der Waals surface area contributed by atoms with Crippen molar-refractivity contribution in [3.8, 4) is 0 Å². The Hall–Kier alpha value is -1.36. The van der Waals surface area contributed by atoms with Crippen molar-refractivity contribution in [2.24, 2.45) is 11.7 Å². The smallest absolute Gasteiger partial charge is 0.133 e. The van der Waals surface area contributed by atoms with Crippen LogP contribution in [0.1, 0.15) is 32.6 Å². The second kappa shape index (κ2) is 6.70. The number of anilines is 2. The molecule has 106 valence electrons. The van der Waals surface area contributed by atoms with Gasteiger partial charge >= 0.3 is 0 Å². The van der Waals surface area contributed by atoms with Gasteiger partial charge in [-0.05, 0) is 25.7 Å². The van der Waals surface area contributed by atoms with E-state index in [0.29, 0.717) is 6.54 Å². The molecule has 0 spiro atoms. The standard InChI is InChI=1S/C14H25N5/c1-11(8-15)18-13-7-14(17-10-16-13)19(2)9-12-5-3-4-6-12/h7,10-12H,3-6,8-9,15H2,1-2H3,(H,16,17,18). The first-order valence-corrected chi connectivity index (χ1v) is 7.19. The third kappa shape index (κ3) is 4.06. The topological polar surface area (TPSA) is 67.1 Å². The predicted molar refractivity (Wildman–Crippen MR) is 79.4 cm³/mol. The van der Waals surface area contributed by atoms with E-state index in [4.69, 9.17) is 5.73 Å². The van der Waals surface area contributed by atoms with Crippen LogP contribution >= 0.6 is 0 Å². The number of nitrogens with two attached hydrogens (primary N) is 1. The normalized spacial score (nSPS) is 17.4. The van der Waals surface area contributed by atoms with Crippen LogP contribution in [0.15, 0.2) is 12.4 Å². The van der Waals surface area contributed by atoms with E-state index in [0.717, 1.165) is 24.1 Å². The predicted octanol–water partition coefficient (Wildman–Crippen LogP) is 1.86. The molecule has 19 heavy (non-hydrogen) atoms. The number of nitrogens with zero attached hydrogens (tertiary/aromatic N) is 3. The van der Waals surface area contributed by atoms with Crippen molar-refractivity contribution in [3.63, 3.8) is 0 Å². The Balaban J connectivity index is 1.96. The summed E-state index contributed by atoms with van der Waals surface area (Å²) in [5.74, 6) is 2.65. The second-order valence-electron chi connectivity index (χ2n) is 5.57. The van der Waals surface area contributed by atoms with Gasteiger partial charge in [-0.3, -0.25) is 0 Å². The fourth-order valence-electron chi connectivity index (χ4n) is 2.62. The van der Waals surface area contributed by atoms with E-state index in [-0.39, 0.29) is 6.04 Å². The van der Waals surface area contributed by atoms with Gasteiger partial charge in [0.1, 0.15) is 18.0 Å². The first-order valence-electron chi connectivity index (χ1n) is 7.19. The fourth-order valence-corrected chi connectivity index (χ4v) is 2.62. The zero-order chi connectivity index (χ0) is 13.7. The summed E-state index contributed by atoms with van der Waals surface area (Å²) in [5.41, 5.74) is 5.61. The minimum absolute atomic E-state index is 0.225. The van der Waals surface area contributed by atoms with Gasteiger partial charge < -0.3 is 16.0 Å². The van der Waals surface area contributed by atoms with Crippen LogP contribution in [0.3, 0.4) is 0 Å². The summed E-state index contributed by atoms with van der Waals surface area (Å²) in [6.45, 7) is 3.73. The van der Waals surface area contributed by atoms with Crippen LogP contribution in [0.25, 0.3) is 0 Å². The van der Waals surface area contributed by atoms with Crippen LogP contribution in [-0.2, 0) is 0 Å². The molecule has 1 saturated carbocycles. The molecule has 0 aliphatic heterocycles. The highest BCUT2D eigenvalue weighted by Gasteiger charge is 2.17. The molecule has 1 fully saturated rings. The number of rotatable bonds is 6. The molecule has 1 aliphatic carbocycles. The van der Waals surface area contributed by atoms with Gasteiger partial charge in [0.05, 0.1) is 0 Å². The van der Waals surface area contributed by atoms with E-state index >= 15 is 0 Å². The van der Waals surface area contributed by atoms with E-state index in [1.54, 1.807) is 6.33 Å². The maximum atomic E-state index is 5.61. The van der Waals surface area contributed by atoms with E-state index in [9.17, 15) is 0 Å². The molecule has 1 unspecified atom stereocenters. The first-order chi connectivity index (χ1) is 9.19. The van der Waals surface area contributed by atoms with Crippen molar-refractivity contribution in [2.75, 3.05) is 30.4 Å². The molecule has 0 radical (unpaired) electrons. The summed E-state index contributed by atoms with van der Waals surface area (Å²) in [5, 5.41) is 3.28. The fraction of sp³-hybridized carbons (Fsp3) is 0.714. The zero-order valence-electron chi connectivity index (χ0n) is 12.0. The molecule has 1 atom stereocenters. The van der Waals surface area contributed by atoms with Gasteiger partial charge in [0, 0.05) is 32.2 Å². The Bertz CT molecular complexity index is 389. The Kier molecular flexibility index (Phi) is 4.96. The SMILES string of the molecule is CC(CN)Nc1cc(N(C)CC2CCCC2)ncn1. The average molecular weight is 263 g/mol. The molecular formula is C14H25N5. The molecule has 0 amide bonds. The molecule has 1 heterocycles. The maximum Gasteiger partial charge on any atom is 0.133 e. The van der Waals surface area contributed by atoms with Crippen molar-refractivity contribution in [2.45, 2.75) is 38.6 Å². The Labute approximate surface area is 115 Å². The number of aromatic nitrogens is 2. The lowest BCUT2D eigenvalue weighted by molar-refractivity contribution is 0.545. The molecule has 0 aromatic carbocycles. The molecule has 2 rings (SSSR count). The highest BCUT2D eigenvalue weighted by Crippen LogP contribution is 2.26. The highest BCUT2D eigenvalue weighted by atomic mass is 15.2. The highest BCUT2D eigenvalue weighted by molar-refractivity contribution is 5.48. The van der Waals surface area contributed by atoms with Gasteiger partial charge in [-0.1, -0.05) is 12.8 Å². The number of hydrogen-bond acceptors (Lipinski definition) is 5. The van der Waals surface area contributed by atoms with Gasteiger partial charge in [-0.25, -0.2) is 9.97 Å². The summed E-state index contributed by atoms with van der Waals surface area (Å²) in [7, 11) is 2.11.